The first-order valence-electron chi connectivity index (χ1n) is 8.15. The number of aromatic nitrogens is 4. The fraction of sp³-hybridized carbons (Fsp3) is 0.412. The first-order valence-corrected chi connectivity index (χ1v) is 9.14. The average Bonchev–Trinajstić information content (AvgIpc) is 2.60. The maximum absolute atomic E-state index is 11.9. The van der Waals surface area contributed by atoms with E-state index in [-0.39, 0.29) is 5.56 Å². The van der Waals surface area contributed by atoms with E-state index in [1.807, 2.05) is 24.3 Å². The van der Waals surface area contributed by atoms with Gasteiger partial charge in [-0.2, -0.15) is 14.6 Å². The van der Waals surface area contributed by atoms with Crippen molar-refractivity contribution in [1.29, 1.82) is 0 Å². The van der Waals surface area contributed by atoms with Gasteiger partial charge in [0.2, 0.25) is 0 Å². The number of benzene rings is 1. The number of nitrogens with zero attached hydrogens (tertiary/aromatic N) is 5. The molecule has 0 aliphatic carbocycles. The van der Waals surface area contributed by atoms with Crippen molar-refractivity contribution < 1.29 is 0 Å². The van der Waals surface area contributed by atoms with Gasteiger partial charge in [0, 0.05) is 17.7 Å². The van der Waals surface area contributed by atoms with Gasteiger partial charge in [0.05, 0.1) is 5.52 Å². The van der Waals surface area contributed by atoms with Gasteiger partial charge in [0.15, 0.2) is 10.8 Å². The van der Waals surface area contributed by atoms with Gasteiger partial charge in [-0.3, -0.25) is 4.79 Å². The monoisotopic (exact) mass is 343 g/mol. The van der Waals surface area contributed by atoms with E-state index in [0.29, 0.717) is 11.3 Å². The minimum Gasteiger partial charge on any atom is -0.303 e. The molecule has 6 nitrogen and oxygen atoms in total. The summed E-state index contributed by atoms with van der Waals surface area (Å²) < 4.78 is 1.70. The molecule has 0 amide bonds. The van der Waals surface area contributed by atoms with Crippen molar-refractivity contribution >= 4 is 28.3 Å². The quantitative estimate of drug-likeness (QED) is 0.389. The minimum absolute atomic E-state index is 0.287. The molecule has 0 atom stereocenters. The molecule has 2 aromatic heterocycles. The first-order chi connectivity index (χ1) is 11.6. The topological polar surface area (TPSA) is 63.4 Å². The fourth-order valence-electron chi connectivity index (χ4n) is 2.58. The minimum atomic E-state index is -0.287. The summed E-state index contributed by atoms with van der Waals surface area (Å²) in [6.45, 7) is 9.07. The van der Waals surface area contributed by atoms with E-state index in [1.54, 1.807) is 23.2 Å². The Kier molecular flexibility index (Phi) is 5.11. The summed E-state index contributed by atoms with van der Waals surface area (Å²) >= 11 is 1.64. The Bertz CT molecular complexity index is 920. The average molecular weight is 343 g/mol. The van der Waals surface area contributed by atoms with Crippen LogP contribution in [0.15, 0.2) is 34.2 Å². The van der Waals surface area contributed by atoms with E-state index in [2.05, 4.69) is 28.8 Å². The fourth-order valence-corrected chi connectivity index (χ4v) is 3.53. The lowest BCUT2D eigenvalue weighted by Crippen LogP contribution is -2.25. The number of hydrogen-bond donors (Lipinski definition) is 0. The van der Waals surface area contributed by atoms with Gasteiger partial charge >= 0.3 is 0 Å². The predicted octanol–water partition coefficient (Wildman–Crippen LogP) is 2.38. The zero-order valence-electron chi connectivity index (χ0n) is 14.2. The second-order valence-electron chi connectivity index (χ2n) is 5.52. The van der Waals surface area contributed by atoms with Crippen molar-refractivity contribution in [2.75, 3.05) is 25.4 Å². The molecule has 24 heavy (non-hydrogen) atoms. The third-order valence-corrected chi connectivity index (χ3v) is 4.95. The summed E-state index contributed by atoms with van der Waals surface area (Å²) in [6, 6.07) is 7.72. The summed E-state index contributed by atoms with van der Waals surface area (Å²) in [5.41, 5.74) is 1.50. The maximum Gasteiger partial charge on any atom is 0.294 e. The summed E-state index contributed by atoms with van der Waals surface area (Å²) in [5.74, 6) is 0.912. The highest BCUT2D eigenvalue weighted by Crippen LogP contribution is 2.22. The molecule has 0 saturated carbocycles. The van der Waals surface area contributed by atoms with E-state index >= 15 is 0 Å². The Morgan fingerprint density at radius 3 is 2.67 bits per heavy atom. The largest absolute Gasteiger partial charge is 0.303 e. The number of fused-ring (bicyclic) bond motifs is 3. The number of aryl methyl sites for hydroxylation is 1. The van der Waals surface area contributed by atoms with Crippen LogP contribution in [-0.2, 0) is 0 Å². The molecular formula is C17H21N5OS. The number of rotatable bonds is 6. The maximum atomic E-state index is 11.9. The normalized spacial score (nSPS) is 11.7. The molecule has 0 aliphatic rings. The first kappa shape index (κ1) is 16.9. The van der Waals surface area contributed by atoms with Crippen LogP contribution in [0.5, 0.6) is 0 Å². The summed E-state index contributed by atoms with van der Waals surface area (Å²) in [7, 11) is 0. The van der Waals surface area contributed by atoms with Crippen molar-refractivity contribution in [3.05, 3.63) is 40.3 Å². The lowest BCUT2D eigenvalue weighted by Gasteiger charge is -2.17. The zero-order chi connectivity index (χ0) is 17.1. The molecule has 3 aromatic rings. The van der Waals surface area contributed by atoms with Crippen LogP contribution >= 0.6 is 11.8 Å². The van der Waals surface area contributed by atoms with E-state index in [4.69, 9.17) is 4.98 Å². The van der Waals surface area contributed by atoms with Crippen LogP contribution in [-0.4, -0.2) is 49.9 Å². The summed E-state index contributed by atoms with van der Waals surface area (Å²) in [6.07, 6.45) is 0. The Labute approximate surface area is 144 Å². The van der Waals surface area contributed by atoms with Crippen molar-refractivity contribution in [2.24, 2.45) is 0 Å². The third kappa shape index (κ3) is 3.27. The molecule has 0 saturated heterocycles. The van der Waals surface area contributed by atoms with Gasteiger partial charge in [-0.1, -0.05) is 37.7 Å². The Balaban J connectivity index is 2.05. The number of hydrogen-bond acceptors (Lipinski definition) is 6. The predicted molar refractivity (Wildman–Crippen MR) is 97.8 cm³/mol. The van der Waals surface area contributed by atoms with Gasteiger partial charge in [0.25, 0.3) is 5.56 Å². The second kappa shape index (κ2) is 7.27. The molecule has 126 valence electrons. The lowest BCUT2D eigenvalue weighted by molar-refractivity contribution is 0.324. The van der Waals surface area contributed by atoms with E-state index < -0.39 is 0 Å². The van der Waals surface area contributed by atoms with Crippen LogP contribution in [0, 0.1) is 6.92 Å². The molecule has 0 unspecified atom stereocenters. The highest BCUT2D eigenvalue weighted by Gasteiger charge is 2.12. The van der Waals surface area contributed by atoms with Gasteiger partial charge < -0.3 is 4.90 Å². The molecule has 0 bridgehead atoms. The van der Waals surface area contributed by atoms with Crippen molar-refractivity contribution in [3.8, 4) is 0 Å². The van der Waals surface area contributed by atoms with Crippen molar-refractivity contribution in [3.63, 3.8) is 0 Å². The molecule has 3 rings (SSSR count). The van der Waals surface area contributed by atoms with Crippen LogP contribution in [0.25, 0.3) is 16.6 Å². The van der Waals surface area contributed by atoms with Crippen molar-refractivity contribution in [1.82, 2.24) is 24.5 Å². The van der Waals surface area contributed by atoms with E-state index in [0.717, 1.165) is 41.4 Å². The number of thioether (sulfide) groups is 1. The Hall–Kier alpha value is -1.99. The Morgan fingerprint density at radius 1 is 1.17 bits per heavy atom. The summed E-state index contributed by atoms with van der Waals surface area (Å²) in [4.78, 5) is 23.3. The van der Waals surface area contributed by atoms with E-state index in [9.17, 15) is 4.79 Å². The molecule has 7 heteroatoms. The molecule has 0 fully saturated rings. The van der Waals surface area contributed by atoms with Crippen LogP contribution in [0.3, 0.4) is 0 Å². The summed E-state index contributed by atoms with van der Waals surface area (Å²) in [5, 5.41) is 6.02. The molecule has 0 aliphatic heterocycles. The molecular weight excluding hydrogens is 322 g/mol. The van der Waals surface area contributed by atoms with Crippen LogP contribution < -0.4 is 5.56 Å². The third-order valence-electron chi connectivity index (χ3n) is 4.04. The zero-order valence-corrected chi connectivity index (χ0v) is 15.0. The molecule has 0 N–H and O–H groups in total. The number of para-hydroxylation sites is 1. The van der Waals surface area contributed by atoms with Crippen LogP contribution in [0.2, 0.25) is 0 Å². The molecule has 0 spiro atoms. The highest BCUT2D eigenvalue weighted by atomic mass is 32.2. The highest BCUT2D eigenvalue weighted by molar-refractivity contribution is 7.99. The van der Waals surface area contributed by atoms with Gasteiger partial charge in [-0.05, 0) is 32.1 Å². The molecule has 2 heterocycles. The van der Waals surface area contributed by atoms with Gasteiger partial charge in [-0.15, -0.1) is 0 Å². The molecule has 0 radical (unpaired) electrons. The van der Waals surface area contributed by atoms with Crippen molar-refractivity contribution in [2.45, 2.75) is 25.9 Å². The van der Waals surface area contributed by atoms with Gasteiger partial charge in [0.1, 0.15) is 5.69 Å². The van der Waals surface area contributed by atoms with Gasteiger partial charge in [-0.25, -0.2) is 4.98 Å². The van der Waals surface area contributed by atoms with Crippen LogP contribution in [0.4, 0.5) is 0 Å². The smallest absolute Gasteiger partial charge is 0.294 e. The van der Waals surface area contributed by atoms with Crippen LogP contribution in [0.1, 0.15) is 19.5 Å². The molecule has 1 aromatic carbocycles. The second-order valence-corrected chi connectivity index (χ2v) is 6.59. The Morgan fingerprint density at radius 2 is 1.92 bits per heavy atom. The standard InChI is InChI=1S/C17H21N5OS/c1-4-21(5-2)10-11-24-17-18-14-9-7-6-8-13(14)15-19-16(23)12(3)20-22(15)17/h6-9H,4-5,10-11H2,1-3H3. The SMILES string of the molecule is CCN(CC)CCSc1nc2ccccc2c2nc(=O)c(C)nn12. The lowest BCUT2D eigenvalue weighted by atomic mass is 10.2. The van der Waals surface area contributed by atoms with E-state index in [1.165, 1.54) is 0 Å².